The van der Waals surface area contributed by atoms with Crippen LogP contribution in [0.3, 0.4) is 0 Å². The number of aromatic nitrogens is 3. The van der Waals surface area contributed by atoms with E-state index >= 15 is 0 Å². The highest BCUT2D eigenvalue weighted by molar-refractivity contribution is 14.0. The quantitative estimate of drug-likeness (QED) is 0.216. The number of hydrogen-bond acceptors (Lipinski definition) is 6. The average Bonchev–Trinajstić information content (AvgIpc) is 2.81. The first-order valence-electron chi connectivity index (χ1n) is 10.6. The third kappa shape index (κ3) is 8.38. The molecule has 0 atom stereocenters. The molecule has 0 aliphatic carbocycles. The Morgan fingerprint density at radius 3 is 2.53 bits per heavy atom. The number of rotatable bonds is 8. The smallest absolute Gasteiger partial charge is 0.225 e. The van der Waals surface area contributed by atoms with Crippen molar-refractivity contribution in [2.75, 3.05) is 50.7 Å². The number of anilines is 1. The van der Waals surface area contributed by atoms with Crippen LogP contribution in [0.5, 0.6) is 0 Å². The number of aliphatic imine (C=N–C) groups is 1. The van der Waals surface area contributed by atoms with E-state index in [1.807, 2.05) is 17.9 Å². The standard InChI is InChI=1S/C21H29ClN8O.HI/c1-2-23-20(24-10-6-17-4-5-18(22)28-16-17)25-11-7-19(31)29-12-14-30(15-13-29)21-26-8-3-9-27-21;/h3-5,8-9,16H,2,6-7,10-15H2,1H3,(H2,23,24,25);1H. The molecule has 32 heavy (non-hydrogen) atoms. The maximum atomic E-state index is 12.6. The van der Waals surface area contributed by atoms with E-state index in [4.69, 9.17) is 11.6 Å². The van der Waals surface area contributed by atoms with Crippen LogP contribution in [0.15, 0.2) is 41.8 Å². The fraction of sp³-hybridized carbons (Fsp3) is 0.476. The molecule has 2 aromatic rings. The van der Waals surface area contributed by atoms with E-state index in [2.05, 4.69) is 35.5 Å². The molecule has 3 rings (SSSR count). The van der Waals surface area contributed by atoms with E-state index in [9.17, 15) is 4.79 Å². The van der Waals surface area contributed by atoms with Crippen LogP contribution in [-0.4, -0.2) is 77.5 Å². The molecule has 174 valence electrons. The van der Waals surface area contributed by atoms with Gasteiger partial charge in [0.2, 0.25) is 11.9 Å². The highest BCUT2D eigenvalue weighted by Crippen LogP contribution is 2.10. The van der Waals surface area contributed by atoms with Crippen molar-refractivity contribution in [1.82, 2.24) is 30.5 Å². The summed E-state index contributed by atoms with van der Waals surface area (Å²) < 4.78 is 0. The fourth-order valence-electron chi connectivity index (χ4n) is 3.25. The van der Waals surface area contributed by atoms with Gasteiger partial charge in [0.15, 0.2) is 5.96 Å². The van der Waals surface area contributed by atoms with Gasteiger partial charge in [0.05, 0.1) is 6.54 Å². The van der Waals surface area contributed by atoms with Gasteiger partial charge >= 0.3 is 0 Å². The van der Waals surface area contributed by atoms with Gasteiger partial charge in [-0.15, -0.1) is 24.0 Å². The maximum Gasteiger partial charge on any atom is 0.225 e. The number of hydrogen-bond donors (Lipinski definition) is 2. The van der Waals surface area contributed by atoms with Crippen molar-refractivity contribution < 1.29 is 4.79 Å². The summed E-state index contributed by atoms with van der Waals surface area (Å²) >= 11 is 5.82. The maximum absolute atomic E-state index is 12.6. The molecule has 0 aromatic carbocycles. The van der Waals surface area contributed by atoms with Crippen molar-refractivity contribution in [3.63, 3.8) is 0 Å². The van der Waals surface area contributed by atoms with Crippen LogP contribution in [0, 0.1) is 0 Å². The summed E-state index contributed by atoms with van der Waals surface area (Å²) in [6.45, 7) is 6.76. The van der Waals surface area contributed by atoms with Crippen LogP contribution in [0.4, 0.5) is 5.95 Å². The van der Waals surface area contributed by atoms with Gasteiger partial charge in [-0.05, 0) is 31.0 Å². The Morgan fingerprint density at radius 1 is 1.12 bits per heavy atom. The van der Waals surface area contributed by atoms with E-state index in [-0.39, 0.29) is 29.9 Å². The number of halogens is 2. The second kappa shape index (κ2) is 14.0. The number of guanidine groups is 1. The minimum atomic E-state index is 0. The Morgan fingerprint density at radius 2 is 1.88 bits per heavy atom. The van der Waals surface area contributed by atoms with E-state index in [1.54, 1.807) is 30.7 Å². The first kappa shape index (κ1) is 26.0. The molecule has 0 radical (unpaired) electrons. The van der Waals surface area contributed by atoms with Crippen molar-refractivity contribution in [3.05, 3.63) is 47.5 Å². The zero-order chi connectivity index (χ0) is 21.9. The van der Waals surface area contributed by atoms with E-state index in [1.165, 1.54) is 0 Å². The van der Waals surface area contributed by atoms with Crippen LogP contribution in [0.25, 0.3) is 0 Å². The molecule has 0 unspecified atom stereocenters. The minimum Gasteiger partial charge on any atom is -0.357 e. The van der Waals surface area contributed by atoms with Crippen molar-refractivity contribution in [2.45, 2.75) is 19.8 Å². The average molecular weight is 573 g/mol. The molecule has 9 nitrogen and oxygen atoms in total. The van der Waals surface area contributed by atoms with Crippen molar-refractivity contribution in [3.8, 4) is 0 Å². The largest absolute Gasteiger partial charge is 0.357 e. The number of nitrogens with zero attached hydrogens (tertiary/aromatic N) is 6. The van der Waals surface area contributed by atoms with Crippen molar-refractivity contribution in [1.29, 1.82) is 0 Å². The highest BCUT2D eigenvalue weighted by atomic mass is 127. The van der Waals surface area contributed by atoms with Gasteiger partial charge in [-0.1, -0.05) is 17.7 Å². The second-order valence-electron chi connectivity index (χ2n) is 7.09. The SMILES string of the molecule is CCNC(=NCCC(=O)N1CCN(c2ncccn2)CC1)NCCc1ccc(Cl)nc1.I. The fourth-order valence-corrected chi connectivity index (χ4v) is 3.36. The molecule has 1 aliphatic heterocycles. The zero-order valence-corrected chi connectivity index (χ0v) is 21.3. The van der Waals surface area contributed by atoms with Crippen molar-refractivity contribution in [2.24, 2.45) is 4.99 Å². The van der Waals surface area contributed by atoms with E-state index < -0.39 is 0 Å². The van der Waals surface area contributed by atoms with E-state index in [0.29, 0.717) is 43.7 Å². The third-order valence-corrected chi connectivity index (χ3v) is 5.13. The predicted molar refractivity (Wildman–Crippen MR) is 138 cm³/mol. The third-order valence-electron chi connectivity index (χ3n) is 4.90. The number of carbonyl (C=O) groups is 1. The Balaban J connectivity index is 0.00000363. The lowest BCUT2D eigenvalue weighted by Gasteiger charge is -2.34. The summed E-state index contributed by atoms with van der Waals surface area (Å²) in [5.41, 5.74) is 1.10. The number of piperazine rings is 1. The number of pyridine rings is 1. The molecule has 0 bridgehead atoms. The predicted octanol–water partition coefficient (Wildman–Crippen LogP) is 1.98. The molecular weight excluding hydrogens is 543 g/mol. The van der Waals surface area contributed by atoms with Crippen LogP contribution in [-0.2, 0) is 11.2 Å². The summed E-state index contributed by atoms with van der Waals surface area (Å²) in [4.78, 5) is 33.7. The molecule has 1 fully saturated rings. The summed E-state index contributed by atoms with van der Waals surface area (Å²) in [6.07, 6.45) is 6.44. The number of carbonyl (C=O) groups excluding carboxylic acids is 1. The monoisotopic (exact) mass is 572 g/mol. The van der Waals surface area contributed by atoms with Gasteiger partial charge in [-0.25, -0.2) is 15.0 Å². The van der Waals surface area contributed by atoms with Gasteiger partial charge in [0, 0.05) is 64.3 Å². The summed E-state index contributed by atoms with van der Waals surface area (Å²) in [5.74, 6) is 1.55. The van der Waals surface area contributed by atoms with Crippen molar-refractivity contribution >= 4 is 53.4 Å². The molecular formula is C21H30ClIN8O. The first-order chi connectivity index (χ1) is 15.2. The zero-order valence-electron chi connectivity index (χ0n) is 18.2. The summed E-state index contributed by atoms with van der Waals surface area (Å²) in [6, 6.07) is 5.55. The lowest BCUT2D eigenvalue weighted by atomic mass is 10.2. The van der Waals surface area contributed by atoms with Gasteiger partial charge in [0.1, 0.15) is 5.15 Å². The highest BCUT2D eigenvalue weighted by Gasteiger charge is 2.22. The Hall–Kier alpha value is -2.21. The number of amides is 1. The topological polar surface area (TPSA) is 98.6 Å². The molecule has 2 aromatic heterocycles. The lowest BCUT2D eigenvalue weighted by molar-refractivity contribution is -0.131. The van der Waals surface area contributed by atoms with Gasteiger partial charge in [-0.2, -0.15) is 0 Å². The Kier molecular flexibility index (Phi) is 11.4. The van der Waals surface area contributed by atoms with E-state index in [0.717, 1.165) is 37.6 Å². The van der Waals surface area contributed by atoms with Gasteiger partial charge < -0.3 is 20.4 Å². The molecule has 0 spiro atoms. The molecule has 11 heteroatoms. The van der Waals surface area contributed by atoms with Crippen LogP contribution in [0.2, 0.25) is 5.15 Å². The van der Waals surface area contributed by atoms with Crippen LogP contribution in [0.1, 0.15) is 18.9 Å². The number of nitrogens with one attached hydrogen (secondary N) is 2. The van der Waals surface area contributed by atoms with Crippen LogP contribution < -0.4 is 15.5 Å². The molecule has 1 aliphatic rings. The van der Waals surface area contributed by atoms with Crippen LogP contribution >= 0.6 is 35.6 Å². The Bertz CT molecular complexity index is 845. The molecule has 1 amide bonds. The molecule has 1 saturated heterocycles. The first-order valence-corrected chi connectivity index (χ1v) is 11.0. The second-order valence-corrected chi connectivity index (χ2v) is 7.48. The normalized spacial score (nSPS) is 14.0. The van der Waals surface area contributed by atoms with Gasteiger partial charge in [-0.3, -0.25) is 9.79 Å². The summed E-state index contributed by atoms with van der Waals surface area (Å²) in [5, 5.41) is 7.00. The molecule has 3 heterocycles. The molecule has 0 saturated carbocycles. The lowest BCUT2D eigenvalue weighted by Crippen LogP contribution is -2.49. The molecule has 2 N–H and O–H groups in total. The summed E-state index contributed by atoms with van der Waals surface area (Å²) in [7, 11) is 0. The van der Waals surface area contributed by atoms with Gasteiger partial charge in [0.25, 0.3) is 0 Å². The Labute approximate surface area is 211 Å². The minimum absolute atomic E-state index is 0.